The summed E-state index contributed by atoms with van der Waals surface area (Å²) in [5.41, 5.74) is 0. The van der Waals surface area contributed by atoms with Crippen LogP contribution in [0.4, 0.5) is 0 Å². The van der Waals surface area contributed by atoms with Gasteiger partial charge in [0.15, 0.2) is 0 Å². The minimum atomic E-state index is -0.760. The number of aliphatic carboxylic acids is 1. The summed E-state index contributed by atoms with van der Waals surface area (Å²) in [6.07, 6.45) is 5.93. The van der Waals surface area contributed by atoms with Gasteiger partial charge in [0.25, 0.3) is 0 Å². The fourth-order valence-corrected chi connectivity index (χ4v) is 0.399. The van der Waals surface area contributed by atoms with Gasteiger partial charge < -0.3 is 5.11 Å². The highest BCUT2D eigenvalue weighted by Gasteiger charge is 1.89. The Morgan fingerprint density at radius 3 is 2.78 bits per heavy atom. The molecule has 0 aliphatic heterocycles. The van der Waals surface area contributed by atoms with E-state index in [2.05, 4.69) is 6.58 Å². The Labute approximate surface area is 54.5 Å². The van der Waals surface area contributed by atoms with Crippen molar-refractivity contribution in [1.82, 2.24) is 0 Å². The van der Waals surface area contributed by atoms with Crippen LogP contribution in [-0.4, -0.2) is 11.1 Å². The van der Waals surface area contributed by atoms with Crippen LogP contribution in [0.25, 0.3) is 0 Å². The SMILES string of the molecule is C=C/C=C/CCC(=O)O. The van der Waals surface area contributed by atoms with E-state index in [1.165, 1.54) is 0 Å². The molecule has 2 heteroatoms. The summed E-state index contributed by atoms with van der Waals surface area (Å²) in [6.45, 7) is 3.44. The van der Waals surface area contributed by atoms with Crippen molar-refractivity contribution in [2.24, 2.45) is 0 Å². The average Bonchev–Trinajstić information content (AvgIpc) is 1.80. The van der Waals surface area contributed by atoms with Gasteiger partial charge >= 0.3 is 5.97 Å². The molecule has 0 aliphatic rings. The Hall–Kier alpha value is -1.05. The van der Waals surface area contributed by atoms with E-state index in [4.69, 9.17) is 5.11 Å². The first kappa shape index (κ1) is 7.95. The van der Waals surface area contributed by atoms with Crippen LogP contribution in [0.2, 0.25) is 0 Å². The summed E-state index contributed by atoms with van der Waals surface area (Å²) in [5.74, 6) is -0.760. The van der Waals surface area contributed by atoms with Gasteiger partial charge in [-0.25, -0.2) is 0 Å². The zero-order chi connectivity index (χ0) is 7.11. The predicted molar refractivity (Wildman–Crippen MR) is 36.2 cm³/mol. The van der Waals surface area contributed by atoms with Crippen molar-refractivity contribution in [3.05, 3.63) is 24.8 Å². The van der Waals surface area contributed by atoms with Crippen LogP contribution in [0.15, 0.2) is 24.8 Å². The fourth-order valence-electron chi connectivity index (χ4n) is 0.399. The lowest BCUT2D eigenvalue weighted by molar-refractivity contribution is -0.136. The minimum Gasteiger partial charge on any atom is -0.481 e. The lowest BCUT2D eigenvalue weighted by Crippen LogP contribution is -1.91. The Kier molecular flexibility index (Phi) is 4.50. The summed E-state index contributed by atoms with van der Waals surface area (Å²) >= 11 is 0. The van der Waals surface area contributed by atoms with Gasteiger partial charge in [-0.05, 0) is 6.42 Å². The summed E-state index contributed by atoms with van der Waals surface area (Å²) < 4.78 is 0. The molecule has 0 aliphatic carbocycles. The standard InChI is InChI=1S/C7H10O2/c1-2-3-4-5-6-7(8)9/h2-4H,1,5-6H2,(H,8,9)/b4-3+. The van der Waals surface area contributed by atoms with Crippen LogP contribution < -0.4 is 0 Å². The topological polar surface area (TPSA) is 37.3 Å². The number of rotatable bonds is 4. The molecule has 1 N–H and O–H groups in total. The molecule has 0 amide bonds. The molecule has 0 saturated heterocycles. The third-order valence-electron chi connectivity index (χ3n) is 0.797. The number of carboxylic acid groups (broad SMARTS) is 1. The fraction of sp³-hybridized carbons (Fsp3) is 0.286. The van der Waals surface area contributed by atoms with Gasteiger partial charge in [-0.1, -0.05) is 24.8 Å². The van der Waals surface area contributed by atoms with E-state index in [0.29, 0.717) is 6.42 Å². The second-order valence-corrected chi connectivity index (χ2v) is 1.60. The zero-order valence-electron chi connectivity index (χ0n) is 5.21. The molecule has 0 rings (SSSR count). The van der Waals surface area contributed by atoms with Gasteiger partial charge in [0, 0.05) is 6.42 Å². The van der Waals surface area contributed by atoms with Gasteiger partial charge in [0.1, 0.15) is 0 Å². The summed E-state index contributed by atoms with van der Waals surface area (Å²) in [6, 6.07) is 0. The quantitative estimate of drug-likeness (QED) is 0.581. The molecule has 0 aromatic rings. The van der Waals surface area contributed by atoms with Crippen molar-refractivity contribution in [2.45, 2.75) is 12.8 Å². The summed E-state index contributed by atoms with van der Waals surface area (Å²) in [7, 11) is 0. The second kappa shape index (κ2) is 5.09. The highest BCUT2D eigenvalue weighted by atomic mass is 16.4. The maximum atomic E-state index is 9.90. The lowest BCUT2D eigenvalue weighted by Gasteiger charge is -1.83. The maximum Gasteiger partial charge on any atom is 0.303 e. The second-order valence-electron chi connectivity index (χ2n) is 1.60. The molecular weight excluding hydrogens is 116 g/mol. The summed E-state index contributed by atoms with van der Waals surface area (Å²) in [5, 5.41) is 8.15. The molecule has 2 nitrogen and oxygen atoms in total. The molecule has 0 saturated carbocycles. The third-order valence-corrected chi connectivity index (χ3v) is 0.797. The molecule has 50 valence electrons. The zero-order valence-corrected chi connectivity index (χ0v) is 5.21. The number of hydrogen-bond acceptors (Lipinski definition) is 1. The van der Waals surface area contributed by atoms with Crippen LogP contribution in [0.1, 0.15) is 12.8 Å². The van der Waals surface area contributed by atoms with E-state index in [9.17, 15) is 4.79 Å². The summed E-state index contributed by atoms with van der Waals surface area (Å²) in [4.78, 5) is 9.90. The Balaban J connectivity index is 3.19. The average molecular weight is 126 g/mol. The van der Waals surface area contributed by atoms with E-state index in [-0.39, 0.29) is 6.42 Å². The van der Waals surface area contributed by atoms with Crippen LogP contribution in [-0.2, 0) is 4.79 Å². The largest absolute Gasteiger partial charge is 0.481 e. The lowest BCUT2D eigenvalue weighted by atomic mass is 10.3. The smallest absolute Gasteiger partial charge is 0.303 e. The first-order chi connectivity index (χ1) is 4.27. The van der Waals surface area contributed by atoms with Gasteiger partial charge in [-0.3, -0.25) is 4.79 Å². The first-order valence-electron chi connectivity index (χ1n) is 2.76. The highest BCUT2D eigenvalue weighted by Crippen LogP contribution is 1.89. The van der Waals surface area contributed by atoms with Crippen LogP contribution in [0.3, 0.4) is 0 Å². The van der Waals surface area contributed by atoms with Crippen LogP contribution >= 0.6 is 0 Å². The van der Waals surface area contributed by atoms with E-state index in [1.807, 2.05) is 0 Å². The van der Waals surface area contributed by atoms with E-state index in [0.717, 1.165) is 0 Å². The molecule has 0 aromatic heterocycles. The number of hydrogen-bond donors (Lipinski definition) is 1. The molecule has 0 atom stereocenters. The Morgan fingerprint density at radius 2 is 2.33 bits per heavy atom. The maximum absolute atomic E-state index is 9.90. The van der Waals surface area contributed by atoms with Gasteiger partial charge in [0.2, 0.25) is 0 Å². The number of carbonyl (C=O) groups is 1. The first-order valence-corrected chi connectivity index (χ1v) is 2.76. The van der Waals surface area contributed by atoms with Gasteiger partial charge in [0.05, 0.1) is 0 Å². The predicted octanol–water partition coefficient (Wildman–Crippen LogP) is 1.59. The van der Waals surface area contributed by atoms with Crippen molar-refractivity contribution >= 4 is 5.97 Å². The Bertz CT molecular complexity index is 125. The molecule has 0 heterocycles. The van der Waals surface area contributed by atoms with Crippen LogP contribution in [0.5, 0.6) is 0 Å². The normalized spacial score (nSPS) is 9.78. The minimum absolute atomic E-state index is 0.199. The van der Waals surface area contributed by atoms with Gasteiger partial charge in [-0.15, -0.1) is 0 Å². The molecule has 0 radical (unpaired) electrons. The highest BCUT2D eigenvalue weighted by molar-refractivity contribution is 5.66. The van der Waals surface area contributed by atoms with E-state index in [1.54, 1.807) is 18.2 Å². The van der Waals surface area contributed by atoms with Gasteiger partial charge in [-0.2, -0.15) is 0 Å². The van der Waals surface area contributed by atoms with Crippen molar-refractivity contribution in [1.29, 1.82) is 0 Å². The van der Waals surface area contributed by atoms with E-state index >= 15 is 0 Å². The Morgan fingerprint density at radius 1 is 1.67 bits per heavy atom. The number of carboxylic acids is 1. The van der Waals surface area contributed by atoms with Crippen molar-refractivity contribution in [3.8, 4) is 0 Å². The molecule has 0 fully saturated rings. The monoisotopic (exact) mass is 126 g/mol. The molecule has 9 heavy (non-hydrogen) atoms. The van der Waals surface area contributed by atoms with Crippen molar-refractivity contribution in [2.75, 3.05) is 0 Å². The van der Waals surface area contributed by atoms with E-state index < -0.39 is 5.97 Å². The van der Waals surface area contributed by atoms with Crippen molar-refractivity contribution in [3.63, 3.8) is 0 Å². The molecule has 0 spiro atoms. The molecule has 0 bridgehead atoms. The number of allylic oxidation sites excluding steroid dienone is 3. The molecule has 0 unspecified atom stereocenters. The van der Waals surface area contributed by atoms with Crippen LogP contribution in [0, 0.1) is 0 Å². The van der Waals surface area contributed by atoms with Crippen molar-refractivity contribution < 1.29 is 9.90 Å². The third kappa shape index (κ3) is 6.95. The molecular formula is C7H10O2. The molecule has 0 aromatic carbocycles.